The Bertz CT molecular complexity index is 491. The van der Waals surface area contributed by atoms with E-state index in [2.05, 4.69) is 0 Å². The van der Waals surface area contributed by atoms with E-state index in [9.17, 15) is 13.2 Å². The summed E-state index contributed by atoms with van der Waals surface area (Å²) in [6, 6.07) is 3.58. The number of fused-ring (bicyclic) bond motifs is 1. The van der Waals surface area contributed by atoms with Crippen LogP contribution in [0.5, 0.6) is 5.75 Å². The van der Waals surface area contributed by atoms with Gasteiger partial charge >= 0.3 is 0 Å². The van der Waals surface area contributed by atoms with E-state index in [1.807, 2.05) is 4.72 Å². The Labute approximate surface area is 74.1 Å². The Hall–Kier alpha value is -1.56. The molecular formula is C7H5NO4S. The van der Waals surface area contributed by atoms with Crippen molar-refractivity contribution in [1.29, 1.82) is 0 Å². The third-order valence-corrected chi connectivity index (χ3v) is 3.10. The normalized spacial score (nSPS) is 18.0. The number of nitrogens with one attached hydrogen (secondary N) is 1. The second-order valence-electron chi connectivity index (χ2n) is 2.62. The van der Waals surface area contributed by atoms with Crippen LogP contribution in [-0.4, -0.2) is 19.4 Å². The van der Waals surface area contributed by atoms with Crippen LogP contribution in [0.4, 0.5) is 0 Å². The van der Waals surface area contributed by atoms with Crippen molar-refractivity contribution in [2.75, 3.05) is 0 Å². The molecule has 1 aromatic carbocycles. The summed E-state index contributed by atoms with van der Waals surface area (Å²) in [4.78, 5) is 10.9. The molecule has 1 aliphatic rings. The van der Waals surface area contributed by atoms with Crippen LogP contribution in [0.3, 0.4) is 0 Å². The van der Waals surface area contributed by atoms with Crippen LogP contribution >= 0.6 is 0 Å². The van der Waals surface area contributed by atoms with Gasteiger partial charge in [-0.1, -0.05) is 0 Å². The number of phenols is 1. The molecule has 1 amide bonds. The molecule has 1 heterocycles. The maximum Gasteiger partial charge on any atom is 0.266 e. The van der Waals surface area contributed by atoms with E-state index >= 15 is 0 Å². The molecule has 0 unspecified atom stereocenters. The highest BCUT2D eigenvalue weighted by Crippen LogP contribution is 2.25. The molecule has 0 aromatic heterocycles. The highest BCUT2D eigenvalue weighted by Gasteiger charge is 2.32. The second-order valence-corrected chi connectivity index (χ2v) is 4.27. The van der Waals surface area contributed by atoms with E-state index in [0.29, 0.717) is 0 Å². The van der Waals surface area contributed by atoms with Crippen molar-refractivity contribution in [1.82, 2.24) is 4.72 Å². The fraction of sp³-hybridized carbons (Fsp3) is 0. The monoisotopic (exact) mass is 199 g/mol. The van der Waals surface area contributed by atoms with Crippen molar-refractivity contribution in [3.63, 3.8) is 0 Å². The molecule has 0 bridgehead atoms. The number of rotatable bonds is 0. The summed E-state index contributed by atoms with van der Waals surface area (Å²) in [6.07, 6.45) is 0. The summed E-state index contributed by atoms with van der Waals surface area (Å²) < 4.78 is 24.2. The largest absolute Gasteiger partial charge is 0.508 e. The SMILES string of the molecule is O=C1NS(=O)(=O)c2cc(O)ccc21. The smallest absolute Gasteiger partial charge is 0.266 e. The molecule has 0 spiro atoms. The van der Waals surface area contributed by atoms with Crippen LogP contribution in [0.2, 0.25) is 0 Å². The first kappa shape index (κ1) is 8.06. The van der Waals surface area contributed by atoms with Crippen LogP contribution in [0, 0.1) is 0 Å². The van der Waals surface area contributed by atoms with Crippen molar-refractivity contribution in [2.24, 2.45) is 0 Å². The molecule has 0 atom stereocenters. The van der Waals surface area contributed by atoms with Crippen molar-refractivity contribution in [3.05, 3.63) is 23.8 Å². The van der Waals surface area contributed by atoms with E-state index in [0.717, 1.165) is 6.07 Å². The number of carbonyl (C=O) groups is 1. The maximum absolute atomic E-state index is 11.2. The first-order valence-electron chi connectivity index (χ1n) is 3.41. The van der Waals surface area contributed by atoms with E-state index in [1.165, 1.54) is 12.1 Å². The highest BCUT2D eigenvalue weighted by molar-refractivity contribution is 7.90. The molecule has 0 radical (unpaired) electrons. The minimum absolute atomic E-state index is 0.0674. The molecule has 0 saturated carbocycles. The number of amides is 1. The van der Waals surface area contributed by atoms with Crippen molar-refractivity contribution in [2.45, 2.75) is 4.90 Å². The lowest BCUT2D eigenvalue weighted by atomic mass is 10.2. The van der Waals surface area contributed by atoms with E-state index < -0.39 is 15.9 Å². The van der Waals surface area contributed by atoms with Gasteiger partial charge in [-0.2, -0.15) is 0 Å². The Kier molecular flexibility index (Phi) is 1.38. The fourth-order valence-corrected chi connectivity index (χ4v) is 2.34. The molecule has 1 aromatic rings. The van der Waals surface area contributed by atoms with Gasteiger partial charge in [-0.3, -0.25) is 4.79 Å². The number of sulfonamides is 1. The Morgan fingerprint density at radius 2 is 2.00 bits per heavy atom. The minimum atomic E-state index is -3.74. The molecule has 6 heteroatoms. The van der Waals surface area contributed by atoms with Gasteiger partial charge < -0.3 is 5.11 Å². The van der Waals surface area contributed by atoms with Crippen molar-refractivity contribution < 1.29 is 18.3 Å². The molecular weight excluding hydrogens is 194 g/mol. The van der Waals surface area contributed by atoms with Crippen LogP contribution in [0.25, 0.3) is 0 Å². The zero-order valence-electron chi connectivity index (χ0n) is 6.31. The maximum atomic E-state index is 11.2. The zero-order chi connectivity index (χ0) is 9.64. The van der Waals surface area contributed by atoms with Gasteiger partial charge in [0, 0.05) is 6.07 Å². The molecule has 0 saturated heterocycles. The van der Waals surface area contributed by atoms with E-state index in [-0.39, 0.29) is 16.2 Å². The summed E-state index contributed by atoms with van der Waals surface area (Å²) >= 11 is 0. The van der Waals surface area contributed by atoms with Gasteiger partial charge in [0.15, 0.2) is 0 Å². The quantitative estimate of drug-likeness (QED) is 0.607. The van der Waals surface area contributed by atoms with Crippen molar-refractivity contribution >= 4 is 15.9 Å². The van der Waals surface area contributed by atoms with Gasteiger partial charge in [-0.25, -0.2) is 13.1 Å². The Morgan fingerprint density at radius 1 is 1.31 bits per heavy atom. The summed E-state index contributed by atoms with van der Waals surface area (Å²) in [5.74, 6) is -0.839. The van der Waals surface area contributed by atoms with Crippen LogP contribution in [-0.2, 0) is 10.0 Å². The summed E-state index contributed by atoms with van der Waals surface area (Å²) in [6.45, 7) is 0. The number of carbonyl (C=O) groups excluding carboxylic acids is 1. The van der Waals surface area contributed by atoms with Gasteiger partial charge in [-0.05, 0) is 12.1 Å². The second kappa shape index (κ2) is 2.23. The van der Waals surface area contributed by atoms with Crippen LogP contribution in [0.15, 0.2) is 23.1 Å². The third kappa shape index (κ3) is 1.06. The summed E-state index contributed by atoms with van der Waals surface area (Å²) in [5, 5.41) is 9.01. The van der Waals surface area contributed by atoms with Crippen molar-refractivity contribution in [3.8, 4) is 5.75 Å². The Balaban J connectivity index is 2.81. The fourth-order valence-electron chi connectivity index (χ4n) is 1.15. The number of aromatic hydroxyl groups is 1. The lowest BCUT2D eigenvalue weighted by molar-refractivity contribution is 0.0985. The average Bonchev–Trinajstić information content (AvgIpc) is 2.23. The average molecular weight is 199 g/mol. The van der Waals surface area contributed by atoms with Crippen LogP contribution < -0.4 is 4.72 Å². The van der Waals surface area contributed by atoms with Gasteiger partial charge in [-0.15, -0.1) is 0 Å². The topological polar surface area (TPSA) is 83.5 Å². The third-order valence-electron chi connectivity index (χ3n) is 1.73. The van der Waals surface area contributed by atoms with E-state index in [4.69, 9.17) is 5.11 Å². The first-order chi connectivity index (χ1) is 6.00. The predicted octanol–water partition coefficient (Wildman–Crippen LogP) is -0.176. The number of phenolic OH excluding ortho intramolecular Hbond substituents is 1. The standard InChI is InChI=1S/C7H5NO4S/c9-4-1-2-5-6(3-4)13(11,12)8-7(5)10/h1-3,9H,(H,8,10). The first-order valence-corrected chi connectivity index (χ1v) is 4.89. The molecule has 0 fully saturated rings. The summed E-state index contributed by atoms with van der Waals surface area (Å²) in [5.41, 5.74) is 0.0674. The van der Waals surface area contributed by atoms with Gasteiger partial charge in [0.2, 0.25) is 0 Å². The number of hydrogen-bond donors (Lipinski definition) is 2. The van der Waals surface area contributed by atoms with Gasteiger partial charge in [0.1, 0.15) is 10.6 Å². The van der Waals surface area contributed by atoms with Gasteiger partial charge in [0.25, 0.3) is 15.9 Å². The highest BCUT2D eigenvalue weighted by atomic mass is 32.2. The Morgan fingerprint density at radius 3 is 2.69 bits per heavy atom. The molecule has 68 valence electrons. The molecule has 2 N–H and O–H groups in total. The number of benzene rings is 1. The van der Waals surface area contributed by atoms with E-state index in [1.54, 1.807) is 0 Å². The lowest BCUT2D eigenvalue weighted by Crippen LogP contribution is -2.20. The molecule has 5 nitrogen and oxygen atoms in total. The molecule has 2 rings (SSSR count). The molecule has 1 aliphatic heterocycles. The zero-order valence-corrected chi connectivity index (χ0v) is 7.13. The predicted molar refractivity (Wildman–Crippen MR) is 42.8 cm³/mol. The molecule has 0 aliphatic carbocycles. The lowest BCUT2D eigenvalue weighted by Gasteiger charge is -1.94. The minimum Gasteiger partial charge on any atom is -0.508 e. The van der Waals surface area contributed by atoms with Crippen LogP contribution in [0.1, 0.15) is 10.4 Å². The number of hydrogen-bond acceptors (Lipinski definition) is 4. The van der Waals surface area contributed by atoms with Gasteiger partial charge in [0.05, 0.1) is 5.56 Å². The molecule has 13 heavy (non-hydrogen) atoms. The summed E-state index contributed by atoms with van der Waals surface area (Å²) in [7, 11) is -3.74.